The van der Waals surface area contributed by atoms with Crippen LogP contribution in [0.15, 0.2) is 39.8 Å². The van der Waals surface area contributed by atoms with Crippen molar-refractivity contribution >= 4 is 35.8 Å². The summed E-state index contributed by atoms with van der Waals surface area (Å²) >= 11 is 0. The highest BCUT2D eigenvalue weighted by molar-refractivity contribution is 5.85. The summed E-state index contributed by atoms with van der Waals surface area (Å²) in [6, 6.07) is 7.01. The Balaban J connectivity index is 0.000000720. The lowest BCUT2D eigenvalue weighted by Gasteiger charge is -1.89. The lowest BCUT2D eigenvalue weighted by Crippen LogP contribution is -1.99. The van der Waals surface area contributed by atoms with Crippen LogP contribution in [0.4, 0.5) is 0 Å². The molecule has 0 aliphatic carbocycles. The predicted molar refractivity (Wildman–Crippen MR) is 54.8 cm³/mol. The number of para-hydroxylation sites is 1. The van der Waals surface area contributed by atoms with E-state index in [9.17, 15) is 4.79 Å². The average molecular weight is 220 g/mol. The quantitative estimate of drug-likeness (QED) is 0.682. The maximum Gasteiger partial charge on any atom is 0.211 e. The van der Waals surface area contributed by atoms with Crippen LogP contribution in [0.5, 0.6) is 0 Å². The van der Waals surface area contributed by atoms with Gasteiger partial charge in [0.1, 0.15) is 6.20 Å². The zero-order valence-corrected chi connectivity index (χ0v) is 8.10. The summed E-state index contributed by atoms with van der Waals surface area (Å²) in [5, 5.41) is 4.00. The van der Waals surface area contributed by atoms with Gasteiger partial charge >= 0.3 is 0 Å². The number of fused-ring (bicyclic) bond motifs is 1. The minimum Gasteiger partial charge on any atom is -0.356 e. The van der Waals surface area contributed by atoms with Crippen LogP contribution in [0.2, 0.25) is 0 Å². The number of aromatic nitrogens is 1. The number of hydrogen-bond acceptors (Lipinski definition) is 3. The summed E-state index contributed by atoms with van der Waals surface area (Å²) in [7, 11) is 0. The summed E-state index contributed by atoms with van der Waals surface area (Å²) in [4.78, 5) is 11.1. The number of halogens is 2. The first-order valence-corrected chi connectivity index (χ1v) is 3.22. The van der Waals surface area contributed by atoms with Gasteiger partial charge in [0.25, 0.3) is 0 Å². The van der Waals surface area contributed by atoms with Gasteiger partial charge in [0.15, 0.2) is 5.58 Å². The minimum absolute atomic E-state index is 0. The van der Waals surface area contributed by atoms with Gasteiger partial charge in [-0.25, -0.2) is 0 Å². The van der Waals surface area contributed by atoms with Gasteiger partial charge < -0.3 is 4.52 Å². The number of hydrogen-bond donors (Lipinski definition) is 0. The van der Waals surface area contributed by atoms with Crippen LogP contribution in [0.1, 0.15) is 0 Å². The molecule has 2 aromatic rings. The third-order valence-electron chi connectivity index (χ3n) is 1.47. The van der Waals surface area contributed by atoms with E-state index >= 15 is 0 Å². The van der Waals surface area contributed by atoms with Gasteiger partial charge in [0.2, 0.25) is 5.43 Å². The first-order chi connectivity index (χ1) is 5.38. The molecular weight excluding hydrogens is 213 g/mol. The van der Waals surface area contributed by atoms with Crippen molar-refractivity contribution in [2.45, 2.75) is 0 Å². The fourth-order valence-electron chi connectivity index (χ4n) is 0.950. The van der Waals surface area contributed by atoms with E-state index in [0.29, 0.717) is 11.0 Å². The molecule has 5 heteroatoms. The van der Waals surface area contributed by atoms with Crippen LogP contribution >= 0.6 is 24.8 Å². The average Bonchev–Trinajstić information content (AvgIpc) is 2.06. The van der Waals surface area contributed by atoms with Crippen molar-refractivity contribution in [3.63, 3.8) is 0 Å². The molecular formula is C8H7Cl2NO2. The van der Waals surface area contributed by atoms with E-state index in [1.54, 1.807) is 24.3 Å². The molecule has 0 saturated carbocycles. The molecule has 0 amide bonds. The Hall–Kier alpha value is -1.06. The molecule has 70 valence electrons. The van der Waals surface area contributed by atoms with E-state index in [0.717, 1.165) is 0 Å². The number of benzene rings is 1. The molecule has 0 atom stereocenters. The van der Waals surface area contributed by atoms with Crippen LogP contribution in [-0.2, 0) is 0 Å². The molecule has 13 heavy (non-hydrogen) atoms. The van der Waals surface area contributed by atoms with Gasteiger partial charge in [0.05, 0.1) is 5.39 Å². The van der Waals surface area contributed by atoms with Gasteiger partial charge in [-0.3, -0.25) is 4.79 Å². The standard InChI is InChI=1S/C8H5NO2.2ClH/c10-7-5-9-11-8-4-2-1-3-6(7)8;;/h1-5H;2*1H. The lowest BCUT2D eigenvalue weighted by molar-refractivity contribution is 0.440. The molecule has 0 radical (unpaired) electrons. The van der Waals surface area contributed by atoms with E-state index in [1.807, 2.05) is 0 Å². The van der Waals surface area contributed by atoms with Crippen LogP contribution in [-0.4, -0.2) is 5.16 Å². The third kappa shape index (κ3) is 2.20. The second-order valence-corrected chi connectivity index (χ2v) is 2.19. The van der Waals surface area contributed by atoms with E-state index < -0.39 is 0 Å². The molecule has 0 aliphatic heterocycles. The summed E-state index contributed by atoms with van der Waals surface area (Å²) in [5.41, 5.74) is 0.423. The molecule has 1 aromatic carbocycles. The molecule has 0 unspecified atom stereocenters. The van der Waals surface area contributed by atoms with E-state index in [4.69, 9.17) is 4.52 Å². The van der Waals surface area contributed by atoms with Crippen LogP contribution in [0, 0.1) is 0 Å². The third-order valence-corrected chi connectivity index (χ3v) is 1.47. The fourth-order valence-corrected chi connectivity index (χ4v) is 0.950. The molecule has 0 aliphatic rings. The van der Waals surface area contributed by atoms with Crippen molar-refractivity contribution in [3.05, 3.63) is 40.7 Å². The summed E-state index contributed by atoms with van der Waals surface area (Å²) < 4.78 is 4.84. The monoisotopic (exact) mass is 219 g/mol. The smallest absolute Gasteiger partial charge is 0.211 e. The largest absolute Gasteiger partial charge is 0.356 e. The van der Waals surface area contributed by atoms with E-state index in [-0.39, 0.29) is 30.2 Å². The molecule has 2 rings (SSSR count). The van der Waals surface area contributed by atoms with E-state index in [2.05, 4.69) is 5.16 Å². The number of rotatable bonds is 0. The highest BCUT2D eigenvalue weighted by Gasteiger charge is 1.96. The van der Waals surface area contributed by atoms with Crippen molar-refractivity contribution < 1.29 is 4.52 Å². The molecule has 3 nitrogen and oxygen atoms in total. The van der Waals surface area contributed by atoms with Crippen molar-refractivity contribution in [2.24, 2.45) is 0 Å². The van der Waals surface area contributed by atoms with E-state index in [1.165, 1.54) is 6.20 Å². The Bertz CT molecular complexity index is 436. The summed E-state index contributed by atoms with van der Waals surface area (Å²) in [6.07, 6.45) is 1.17. The normalized spacial score (nSPS) is 8.62. The molecule has 0 N–H and O–H groups in total. The van der Waals surface area contributed by atoms with Gasteiger partial charge in [-0.15, -0.1) is 24.8 Å². The summed E-state index contributed by atoms with van der Waals surface area (Å²) in [6.45, 7) is 0. The second-order valence-electron chi connectivity index (χ2n) is 2.19. The van der Waals surface area contributed by atoms with Crippen LogP contribution < -0.4 is 5.43 Å². The molecule has 0 spiro atoms. The Morgan fingerprint density at radius 1 is 1.15 bits per heavy atom. The van der Waals surface area contributed by atoms with Crippen molar-refractivity contribution in [2.75, 3.05) is 0 Å². The van der Waals surface area contributed by atoms with Gasteiger partial charge in [-0.2, -0.15) is 0 Å². The SMILES string of the molecule is Cl.Cl.O=c1cnoc2ccccc12. The Morgan fingerprint density at radius 2 is 1.85 bits per heavy atom. The lowest BCUT2D eigenvalue weighted by atomic mass is 10.2. The molecule has 0 saturated heterocycles. The Kier molecular flexibility index (Phi) is 4.45. The first-order valence-electron chi connectivity index (χ1n) is 3.22. The molecule has 1 heterocycles. The first kappa shape index (κ1) is 11.9. The molecule has 0 fully saturated rings. The predicted octanol–water partition coefficient (Wildman–Crippen LogP) is 2.03. The maximum atomic E-state index is 11.1. The zero-order chi connectivity index (χ0) is 7.68. The Morgan fingerprint density at radius 3 is 2.54 bits per heavy atom. The highest BCUT2D eigenvalue weighted by atomic mass is 35.5. The highest BCUT2D eigenvalue weighted by Crippen LogP contribution is 2.05. The van der Waals surface area contributed by atoms with Gasteiger partial charge in [0, 0.05) is 0 Å². The van der Waals surface area contributed by atoms with Gasteiger partial charge in [-0.1, -0.05) is 17.3 Å². The van der Waals surface area contributed by atoms with Gasteiger partial charge in [-0.05, 0) is 12.1 Å². The van der Waals surface area contributed by atoms with Crippen LogP contribution in [0.25, 0.3) is 11.0 Å². The topological polar surface area (TPSA) is 43.1 Å². The van der Waals surface area contributed by atoms with Crippen molar-refractivity contribution in [3.8, 4) is 0 Å². The van der Waals surface area contributed by atoms with Crippen molar-refractivity contribution in [1.82, 2.24) is 5.16 Å². The minimum atomic E-state index is -0.105. The second kappa shape index (κ2) is 4.84. The van der Waals surface area contributed by atoms with Crippen molar-refractivity contribution in [1.29, 1.82) is 0 Å². The Labute approximate surface area is 86.6 Å². The molecule has 0 bridgehead atoms. The summed E-state index contributed by atoms with van der Waals surface area (Å²) in [5.74, 6) is 0. The molecule has 1 aromatic heterocycles. The number of nitrogens with zero attached hydrogens (tertiary/aromatic N) is 1. The maximum absolute atomic E-state index is 11.1. The fraction of sp³-hybridized carbons (Fsp3) is 0. The van der Waals surface area contributed by atoms with Crippen LogP contribution in [0.3, 0.4) is 0 Å². The zero-order valence-electron chi connectivity index (χ0n) is 6.47.